The van der Waals surface area contributed by atoms with E-state index in [1.165, 1.54) is 21.3 Å². The normalized spacial score (nSPS) is 11.4. The van der Waals surface area contributed by atoms with E-state index >= 15 is 0 Å². The smallest absolute Gasteiger partial charge is 0.343 e. The van der Waals surface area contributed by atoms with E-state index in [4.69, 9.17) is 0 Å². The first kappa shape index (κ1) is 19.5. The highest BCUT2D eigenvalue weighted by molar-refractivity contribution is 7.99. The van der Waals surface area contributed by atoms with E-state index in [0.29, 0.717) is 24.1 Å². The van der Waals surface area contributed by atoms with Crippen LogP contribution in [-0.4, -0.2) is 69.4 Å². The van der Waals surface area contributed by atoms with Gasteiger partial charge in [-0.25, -0.2) is 9.78 Å². The van der Waals surface area contributed by atoms with Gasteiger partial charge in [0.15, 0.2) is 11.0 Å². The van der Waals surface area contributed by atoms with E-state index in [1.807, 2.05) is 34.6 Å². The van der Waals surface area contributed by atoms with Crippen LogP contribution in [0.3, 0.4) is 0 Å². The SMILES string of the molecule is CCN(CC)C(=O)CSc1nc(C(C)(C)C)nn1C(=O)N(C)C. The molecule has 23 heavy (non-hydrogen) atoms. The molecule has 0 fully saturated rings. The van der Waals surface area contributed by atoms with Crippen LogP contribution in [0.4, 0.5) is 4.79 Å². The summed E-state index contributed by atoms with van der Waals surface area (Å²) in [6.07, 6.45) is 0. The average Bonchev–Trinajstić information content (AvgIpc) is 2.89. The molecular formula is C15H27N5O2S. The number of carbonyl (C=O) groups is 2. The van der Waals surface area contributed by atoms with E-state index in [-0.39, 0.29) is 23.1 Å². The van der Waals surface area contributed by atoms with Crippen molar-refractivity contribution in [2.24, 2.45) is 0 Å². The molecule has 0 saturated heterocycles. The van der Waals surface area contributed by atoms with E-state index in [2.05, 4.69) is 10.1 Å². The van der Waals surface area contributed by atoms with E-state index in [9.17, 15) is 9.59 Å². The minimum Gasteiger partial charge on any atom is -0.343 e. The predicted molar refractivity (Wildman–Crippen MR) is 91.9 cm³/mol. The van der Waals surface area contributed by atoms with Gasteiger partial charge in [0.1, 0.15) is 0 Å². The molecule has 130 valence electrons. The second-order valence-electron chi connectivity index (χ2n) is 6.41. The monoisotopic (exact) mass is 341 g/mol. The number of rotatable bonds is 5. The third-order valence-electron chi connectivity index (χ3n) is 3.25. The Balaban J connectivity index is 3.02. The summed E-state index contributed by atoms with van der Waals surface area (Å²) in [5.74, 6) is 0.861. The van der Waals surface area contributed by atoms with Crippen LogP contribution < -0.4 is 0 Å². The second kappa shape index (κ2) is 7.81. The summed E-state index contributed by atoms with van der Waals surface area (Å²) in [6.45, 7) is 11.2. The van der Waals surface area contributed by atoms with Crippen LogP contribution in [0.5, 0.6) is 0 Å². The summed E-state index contributed by atoms with van der Waals surface area (Å²) in [4.78, 5) is 32.1. The van der Waals surface area contributed by atoms with Crippen molar-refractivity contribution in [2.75, 3.05) is 32.9 Å². The Morgan fingerprint density at radius 1 is 1.17 bits per heavy atom. The Kier molecular flexibility index (Phi) is 6.61. The third kappa shape index (κ3) is 4.95. The molecule has 0 radical (unpaired) electrons. The van der Waals surface area contributed by atoms with Crippen LogP contribution in [0.25, 0.3) is 0 Å². The molecule has 1 heterocycles. The number of aromatic nitrogens is 3. The van der Waals surface area contributed by atoms with Crippen LogP contribution in [0.1, 0.15) is 40.4 Å². The van der Waals surface area contributed by atoms with Crippen molar-refractivity contribution in [3.05, 3.63) is 5.82 Å². The molecule has 1 rings (SSSR count). The number of amides is 2. The van der Waals surface area contributed by atoms with E-state index < -0.39 is 0 Å². The average molecular weight is 341 g/mol. The first-order chi connectivity index (χ1) is 10.6. The van der Waals surface area contributed by atoms with Crippen molar-refractivity contribution in [1.29, 1.82) is 0 Å². The van der Waals surface area contributed by atoms with Gasteiger partial charge in [-0.2, -0.15) is 4.68 Å². The molecule has 2 amide bonds. The van der Waals surface area contributed by atoms with Crippen molar-refractivity contribution in [3.8, 4) is 0 Å². The molecule has 0 aromatic carbocycles. The van der Waals surface area contributed by atoms with Crippen LogP contribution in [0.15, 0.2) is 5.16 Å². The first-order valence-electron chi connectivity index (χ1n) is 7.71. The van der Waals surface area contributed by atoms with Crippen LogP contribution in [0.2, 0.25) is 0 Å². The summed E-state index contributed by atoms with van der Waals surface area (Å²) >= 11 is 1.25. The highest BCUT2D eigenvalue weighted by Crippen LogP contribution is 2.23. The van der Waals surface area contributed by atoms with Gasteiger partial charge in [0.2, 0.25) is 5.91 Å². The minimum absolute atomic E-state index is 0.0316. The Hall–Kier alpha value is -1.57. The van der Waals surface area contributed by atoms with Gasteiger partial charge in [-0.3, -0.25) is 4.79 Å². The van der Waals surface area contributed by atoms with Crippen molar-refractivity contribution < 1.29 is 9.59 Å². The fraction of sp³-hybridized carbons (Fsp3) is 0.733. The van der Waals surface area contributed by atoms with Crippen molar-refractivity contribution in [2.45, 2.75) is 45.2 Å². The fourth-order valence-corrected chi connectivity index (χ4v) is 2.64. The molecule has 1 aromatic heterocycles. The lowest BCUT2D eigenvalue weighted by Gasteiger charge is -2.18. The molecule has 0 unspecified atom stereocenters. The maximum Gasteiger partial charge on any atom is 0.346 e. The Morgan fingerprint density at radius 2 is 1.74 bits per heavy atom. The molecule has 8 heteroatoms. The maximum atomic E-state index is 12.3. The molecule has 0 N–H and O–H groups in total. The Labute approximate surface area is 142 Å². The number of hydrogen-bond acceptors (Lipinski definition) is 5. The van der Waals surface area contributed by atoms with Gasteiger partial charge in [0.05, 0.1) is 5.75 Å². The zero-order chi connectivity index (χ0) is 17.8. The molecular weight excluding hydrogens is 314 g/mol. The van der Waals surface area contributed by atoms with E-state index in [0.717, 1.165) is 0 Å². The van der Waals surface area contributed by atoms with Gasteiger partial charge < -0.3 is 9.80 Å². The Morgan fingerprint density at radius 3 is 2.17 bits per heavy atom. The molecule has 0 aliphatic rings. The Bertz CT molecular complexity index is 559. The lowest BCUT2D eigenvalue weighted by Crippen LogP contribution is -2.32. The van der Waals surface area contributed by atoms with Crippen molar-refractivity contribution in [1.82, 2.24) is 24.6 Å². The number of thioether (sulfide) groups is 1. The predicted octanol–water partition coefficient (Wildman–Crippen LogP) is 2.07. The molecule has 0 saturated carbocycles. The molecule has 0 bridgehead atoms. The number of carbonyl (C=O) groups excluding carboxylic acids is 2. The van der Waals surface area contributed by atoms with Crippen molar-refractivity contribution >= 4 is 23.7 Å². The second-order valence-corrected chi connectivity index (χ2v) is 7.35. The van der Waals surface area contributed by atoms with Gasteiger partial charge in [0.25, 0.3) is 0 Å². The van der Waals surface area contributed by atoms with Crippen LogP contribution in [0, 0.1) is 0 Å². The number of hydrogen-bond donors (Lipinski definition) is 0. The molecule has 0 aliphatic heterocycles. The summed E-state index contributed by atoms with van der Waals surface area (Å²) in [6, 6.07) is -0.272. The molecule has 0 aliphatic carbocycles. The zero-order valence-corrected chi connectivity index (χ0v) is 15.9. The maximum absolute atomic E-state index is 12.3. The van der Waals surface area contributed by atoms with Crippen LogP contribution >= 0.6 is 11.8 Å². The van der Waals surface area contributed by atoms with Gasteiger partial charge >= 0.3 is 6.03 Å². The highest BCUT2D eigenvalue weighted by Gasteiger charge is 2.26. The molecule has 7 nitrogen and oxygen atoms in total. The fourth-order valence-electron chi connectivity index (χ4n) is 1.82. The lowest BCUT2D eigenvalue weighted by molar-refractivity contribution is -0.127. The first-order valence-corrected chi connectivity index (χ1v) is 8.70. The molecule has 0 spiro atoms. The van der Waals surface area contributed by atoms with E-state index in [1.54, 1.807) is 19.0 Å². The van der Waals surface area contributed by atoms with Crippen molar-refractivity contribution in [3.63, 3.8) is 0 Å². The molecule has 1 aromatic rings. The molecule has 0 atom stereocenters. The summed E-state index contributed by atoms with van der Waals surface area (Å²) < 4.78 is 1.28. The quantitative estimate of drug-likeness (QED) is 0.767. The minimum atomic E-state index is -0.272. The topological polar surface area (TPSA) is 71.3 Å². The summed E-state index contributed by atoms with van der Waals surface area (Å²) in [7, 11) is 3.33. The van der Waals surface area contributed by atoms with Gasteiger partial charge in [-0.1, -0.05) is 32.5 Å². The van der Waals surface area contributed by atoms with Gasteiger partial charge in [-0.05, 0) is 13.8 Å². The largest absolute Gasteiger partial charge is 0.346 e. The summed E-state index contributed by atoms with van der Waals surface area (Å²) in [5.41, 5.74) is -0.268. The summed E-state index contributed by atoms with van der Waals surface area (Å²) in [5, 5.41) is 4.79. The number of nitrogens with zero attached hydrogens (tertiary/aromatic N) is 5. The third-order valence-corrected chi connectivity index (χ3v) is 4.17. The standard InChI is InChI=1S/C15H27N5O2S/c1-8-19(9-2)11(21)10-23-13-16-12(15(3,4)5)17-20(13)14(22)18(6)7/h8-10H2,1-7H3. The van der Waals surface area contributed by atoms with Crippen LogP contribution in [-0.2, 0) is 10.2 Å². The lowest BCUT2D eigenvalue weighted by atomic mass is 9.96. The van der Waals surface area contributed by atoms with Gasteiger partial charge in [0, 0.05) is 32.6 Å². The van der Waals surface area contributed by atoms with Gasteiger partial charge in [-0.15, -0.1) is 5.10 Å². The zero-order valence-electron chi connectivity index (χ0n) is 15.1. The highest BCUT2D eigenvalue weighted by atomic mass is 32.2.